The van der Waals surface area contributed by atoms with Crippen LogP contribution in [0.3, 0.4) is 0 Å². The Labute approximate surface area is 168 Å². The lowest BCUT2D eigenvalue weighted by molar-refractivity contribution is -0.118. The highest BCUT2D eigenvalue weighted by molar-refractivity contribution is 6.43. The van der Waals surface area contributed by atoms with Crippen LogP contribution in [0.1, 0.15) is 23.2 Å². The van der Waals surface area contributed by atoms with E-state index in [2.05, 4.69) is 10.2 Å². The van der Waals surface area contributed by atoms with Gasteiger partial charge in [-0.2, -0.15) is 0 Å². The quantitative estimate of drug-likeness (QED) is 0.423. The van der Waals surface area contributed by atoms with Gasteiger partial charge in [0.1, 0.15) is 11.4 Å². The fraction of sp³-hybridized carbons (Fsp3) is 0.333. The van der Waals surface area contributed by atoms with Gasteiger partial charge in [-0.25, -0.2) is 4.39 Å². The maximum absolute atomic E-state index is 13.0. The van der Waals surface area contributed by atoms with Crippen LogP contribution in [0.2, 0.25) is 0 Å². The smallest absolute Gasteiger partial charge is 0.292 e. The van der Waals surface area contributed by atoms with E-state index in [4.69, 9.17) is 11.6 Å². The lowest BCUT2D eigenvalue weighted by Gasteiger charge is -2.25. The molecule has 0 radical (unpaired) electrons. The van der Waals surface area contributed by atoms with Crippen molar-refractivity contribution >= 4 is 23.3 Å². The van der Waals surface area contributed by atoms with E-state index in [1.807, 2.05) is 0 Å². The van der Waals surface area contributed by atoms with Gasteiger partial charge in [0.15, 0.2) is 0 Å². The molecule has 1 aliphatic heterocycles. The summed E-state index contributed by atoms with van der Waals surface area (Å²) in [5.74, 6) is -1.83. The zero-order valence-electron chi connectivity index (χ0n) is 15.3. The molecule has 2 atom stereocenters. The summed E-state index contributed by atoms with van der Waals surface area (Å²) >= 11 is 5.79. The van der Waals surface area contributed by atoms with Gasteiger partial charge in [0, 0.05) is 12.1 Å². The molecule has 1 aliphatic rings. The molecule has 2 aromatic rings. The summed E-state index contributed by atoms with van der Waals surface area (Å²) in [5, 5.41) is 12.3. The topological polar surface area (TPSA) is 69.6 Å². The molecule has 2 N–H and O–H groups in total. The van der Waals surface area contributed by atoms with Crippen LogP contribution in [-0.4, -0.2) is 52.9 Å². The summed E-state index contributed by atoms with van der Waals surface area (Å²) in [6.45, 7) is 2.16. The van der Waals surface area contributed by atoms with Crippen molar-refractivity contribution in [1.29, 1.82) is 0 Å². The molecule has 1 heterocycles. The number of Topliss-reactive ketones (excluding diaryl/α,β-unsaturated/α-hetero) is 1. The van der Waals surface area contributed by atoms with Crippen molar-refractivity contribution in [1.82, 2.24) is 10.2 Å². The van der Waals surface area contributed by atoms with Crippen LogP contribution in [0, 0.1) is 5.82 Å². The van der Waals surface area contributed by atoms with Crippen LogP contribution in [0.15, 0.2) is 48.5 Å². The van der Waals surface area contributed by atoms with E-state index in [0.29, 0.717) is 6.54 Å². The molecule has 0 unspecified atom stereocenters. The van der Waals surface area contributed by atoms with Crippen LogP contribution in [0.4, 0.5) is 4.39 Å². The average molecular weight is 405 g/mol. The van der Waals surface area contributed by atoms with Crippen molar-refractivity contribution < 1.29 is 19.1 Å². The Bertz CT molecular complexity index is 819. The van der Waals surface area contributed by atoms with Gasteiger partial charge >= 0.3 is 0 Å². The number of likely N-dealkylation sites (tertiary alicyclic amines) is 1. The molecular formula is C21H22ClFN2O3. The Hall–Kier alpha value is -2.28. The summed E-state index contributed by atoms with van der Waals surface area (Å²) in [4.78, 5) is 26.9. The average Bonchev–Trinajstić information content (AvgIpc) is 3.20. The lowest BCUT2D eigenvalue weighted by atomic mass is 10.0. The number of ketones is 1. The van der Waals surface area contributed by atoms with Crippen LogP contribution in [0.5, 0.6) is 0 Å². The summed E-state index contributed by atoms with van der Waals surface area (Å²) in [6, 6.07) is 11.8. The number of amides is 1. The molecule has 1 amide bonds. The highest BCUT2D eigenvalue weighted by Crippen LogP contribution is 2.20. The molecule has 1 fully saturated rings. The molecule has 0 spiro atoms. The third-order valence-electron chi connectivity index (χ3n) is 4.83. The minimum Gasteiger partial charge on any atom is -0.375 e. The van der Waals surface area contributed by atoms with Gasteiger partial charge in [0.05, 0.1) is 6.04 Å². The lowest BCUT2D eigenvalue weighted by Crippen LogP contribution is -2.50. The van der Waals surface area contributed by atoms with Crippen molar-refractivity contribution in [3.8, 4) is 11.1 Å². The molecule has 7 heteroatoms. The van der Waals surface area contributed by atoms with Crippen molar-refractivity contribution in [2.75, 3.05) is 19.6 Å². The number of rotatable bonds is 7. The number of benzene rings is 2. The number of hydrogen-bond donors (Lipinski definition) is 2. The summed E-state index contributed by atoms with van der Waals surface area (Å²) in [5.41, 5.74) is 0.561. The fourth-order valence-corrected chi connectivity index (χ4v) is 3.41. The van der Waals surface area contributed by atoms with Crippen molar-refractivity contribution in [3.05, 3.63) is 59.9 Å². The van der Waals surface area contributed by atoms with Crippen LogP contribution in [0.25, 0.3) is 11.1 Å². The van der Waals surface area contributed by atoms with Crippen LogP contribution >= 0.6 is 11.6 Å². The van der Waals surface area contributed by atoms with Crippen LogP contribution in [-0.2, 0) is 4.79 Å². The first-order valence-electron chi connectivity index (χ1n) is 9.20. The van der Waals surface area contributed by atoms with Gasteiger partial charge in [0.2, 0.25) is 5.78 Å². The van der Waals surface area contributed by atoms with E-state index >= 15 is 0 Å². The molecule has 0 aliphatic carbocycles. The molecule has 2 aromatic carbocycles. The fourth-order valence-electron chi connectivity index (χ4n) is 3.27. The highest BCUT2D eigenvalue weighted by Gasteiger charge is 2.27. The molecule has 0 saturated carbocycles. The summed E-state index contributed by atoms with van der Waals surface area (Å²) < 4.78 is 13.0. The molecule has 5 nitrogen and oxygen atoms in total. The normalized spacial score (nSPS) is 16.5. The van der Waals surface area contributed by atoms with Gasteiger partial charge in [-0.1, -0.05) is 48.0 Å². The molecule has 1 saturated heterocycles. The number of aliphatic hydroxyl groups is 1. The van der Waals surface area contributed by atoms with E-state index < -0.39 is 23.3 Å². The Kier molecular flexibility index (Phi) is 6.78. The van der Waals surface area contributed by atoms with Gasteiger partial charge in [-0.05, 0) is 49.2 Å². The number of carbonyl (C=O) groups is 2. The van der Waals surface area contributed by atoms with Gasteiger partial charge in [-0.3, -0.25) is 9.59 Å². The summed E-state index contributed by atoms with van der Waals surface area (Å²) in [7, 11) is 0. The molecule has 148 valence electrons. The Balaban J connectivity index is 1.64. The second-order valence-electron chi connectivity index (χ2n) is 6.87. The predicted molar refractivity (Wildman–Crippen MR) is 106 cm³/mol. The van der Waals surface area contributed by atoms with Crippen molar-refractivity contribution in [2.45, 2.75) is 24.4 Å². The Morgan fingerprint density at radius 1 is 1.04 bits per heavy atom. The zero-order chi connectivity index (χ0) is 20.1. The maximum atomic E-state index is 13.0. The van der Waals surface area contributed by atoms with Gasteiger partial charge < -0.3 is 15.3 Å². The van der Waals surface area contributed by atoms with Crippen molar-refractivity contribution in [2.24, 2.45) is 0 Å². The van der Waals surface area contributed by atoms with Gasteiger partial charge in [-0.15, -0.1) is 0 Å². The number of nitrogens with one attached hydrogen (secondary N) is 1. The zero-order valence-corrected chi connectivity index (χ0v) is 16.0. The third-order valence-corrected chi connectivity index (χ3v) is 5.14. The minimum atomic E-state index is -1.28. The minimum absolute atomic E-state index is 0.229. The van der Waals surface area contributed by atoms with E-state index in [1.165, 1.54) is 12.1 Å². The molecular weight excluding hydrogens is 383 g/mol. The second kappa shape index (κ2) is 9.28. The SMILES string of the molecule is O=C(N[C@H](CN1CCCC1)[C@H](O)Cl)C(=O)c1ccc(-c2ccc(F)cc2)cc1. The number of nitrogens with zero attached hydrogens (tertiary/aromatic N) is 1. The number of alkyl halides is 1. The molecule has 3 rings (SSSR count). The number of hydrogen-bond acceptors (Lipinski definition) is 4. The van der Waals surface area contributed by atoms with Crippen LogP contribution < -0.4 is 5.32 Å². The largest absolute Gasteiger partial charge is 0.375 e. The molecule has 28 heavy (non-hydrogen) atoms. The number of halogens is 2. The van der Waals surface area contributed by atoms with E-state index in [1.54, 1.807) is 36.4 Å². The standard InChI is InChI=1S/C21H22ClFN2O3/c22-20(27)18(13-25-11-1-2-12-25)24-21(28)19(26)16-5-3-14(4-6-16)15-7-9-17(23)10-8-15/h3-10,18,20,27H,1-2,11-13H2,(H,24,28)/t18-,20+/m1/s1. The molecule has 0 bridgehead atoms. The first kappa shape index (κ1) is 20.5. The maximum Gasteiger partial charge on any atom is 0.292 e. The first-order valence-corrected chi connectivity index (χ1v) is 9.63. The number of carbonyl (C=O) groups excluding carboxylic acids is 2. The second-order valence-corrected chi connectivity index (χ2v) is 7.32. The predicted octanol–water partition coefficient (Wildman–Crippen LogP) is 2.81. The van der Waals surface area contributed by atoms with E-state index in [9.17, 15) is 19.1 Å². The van der Waals surface area contributed by atoms with Gasteiger partial charge in [0.25, 0.3) is 5.91 Å². The monoisotopic (exact) mass is 404 g/mol. The van der Waals surface area contributed by atoms with E-state index in [0.717, 1.165) is 37.1 Å². The summed E-state index contributed by atoms with van der Waals surface area (Å²) in [6.07, 6.45) is 2.14. The Morgan fingerprint density at radius 3 is 2.11 bits per heavy atom. The first-order chi connectivity index (χ1) is 13.4. The number of aliphatic hydroxyl groups excluding tert-OH is 1. The highest BCUT2D eigenvalue weighted by atomic mass is 35.5. The third kappa shape index (κ3) is 5.16. The molecule has 0 aromatic heterocycles. The van der Waals surface area contributed by atoms with Crippen molar-refractivity contribution in [3.63, 3.8) is 0 Å². The van der Waals surface area contributed by atoms with E-state index in [-0.39, 0.29) is 11.4 Å². The Morgan fingerprint density at radius 2 is 1.57 bits per heavy atom.